The van der Waals surface area contributed by atoms with Crippen molar-refractivity contribution >= 4 is 19.8 Å². The van der Waals surface area contributed by atoms with E-state index < -0.39 is 87.9 Å². The van der Waals surface area contributed by atoms with E-state index in [0.29, 0.717) is 19.3 Å². The molecule has 16 heteroatoms. The fourth-order valence-electron chi connectivity index (χ4n) is 6.70. The van der Waals surface area contributed by atoms with Crippen molar-refractivity contribution in [3.63, 3.8) is 0 Å². The van der Waals surface area contributed by atoms with Crippen LogP contribution in [0.15, 0.2) is 72.9 Å². The number of rotatable bonds is 38. The third-order valence-electron chi connectivity index (χ3n) is 10.7. The number of carbonyl (C=O) groups excluding carboxylic acids is 2. The van der Waals surface area contributed by atoms with Gasteiger partial charge in [0.25, 0.3) is 0 Å². The number of allylic oxidation sites excluding steroid dienone is 11. The van der Waals surface area contributed by atoms with Crippen molar-refractivity contribution in [1.82, 2.24) is 0 Å². The second-order valence-electron chi connectivity index (χ2n) is 16.6. The standard InChI is InChI=1S/C49H83O15P/c1-3-5-7-9-11-13-15-17-18-19-20-21-23-25-27-29-31-35-43(53)63-39(38-62-65(59,60)64-49-47(57)45(55)44(54)46(56)48(49)58)37-61-42(52)36-32-34-41(51)40(50)33-30-28-26-24-22-16-14-12-10-8-6-4-2/h12,14,17-18,20-22,24-25,27-28,30,39-41,44-51,54-58H,3-11,13,15-16,19,23,26,29,31-38H2,1-2H3,(H,59,60)/b14-12-,18-17-,21-20-,24-22-,27-25-,30-28-/t39-,40?,41?,44?,45-,46+,47-,48-,49?/m1/s1. The van der Waals surface area contributed by atoms with E-state index >= 15 is 0 Å². The summed E-state index contributed by atoms with van der Waals surface area (Å²) in [5.74, 6) is -1.45. The molecule has 0 spiro atoms. The molecule has 0 aromatic carbocycles. The number of unbranched alkanes of at least 4 members (excludes halogenated alkanes) is 10. The SMILES string of the molecule is CCCCC/C=C\C/C=C\C/C=C\CC(O)C(O)CCCC(=O)OC[C@H](COP(=O)(O)OC1[C@H](O)[C@H](O)C(O)[C@H](O)[C@H]1O)OC(=O)CCC/C=C\C/C=C\C/C=C\CCCCCCCC. The predicted molar refractivity (Wildman–Crippen MR) is 251 cm³/mol. The van der Waals surface area contributed by atoms with E-state index in [0.717, 1.165) is 32.1 Å². The van der Waals surface area contributed by atoms with Gasteiger partial charge in [-0.15, -0.1) is 0 Å². The summed E-state index contributed by atoms with van der Waals surface area (Å²) in [6.07, 6.45) is 26.9. The molecule has 1 aliphatic carbocycles. The van der Waals surface area contributed by atoms with Gasteiger partial charge in [0, 0.05) is 12.8 Å². The third-order valence-corrected chi connectivity index (χ3v) is 11.7. The molecule has 0 heterocycles. The maximum Gasteiger partial charge on any atom is 0.472 e. The maximum atomic E-state index is 12.8. The number of hydrogen-bond acceptors (Lipinski definition) is 14. The summed E-state index contributed by atoms with van der Waals surface area (Å²) in [6.45, 7) is 2.96. The molecule has 65 heavy (non-hydrogen) atoms. The molecular weight excluding hydrogens is 859 g/mol. The van der Waals surface area contributed by atoms with Gasteiger partial charge in [0.15, 0.2) is 6.10 Å². The summed E-state index contributed by atoms with van der Waals surface area (Å²) in [7, 11) is -5.21. The van der Waals surface area contributed by atoms with E-state index in [1.165, 1.54) is 57.8 Å². The molecular formula is C49H83O15P. The number of esters is 2. The zero-order valence-corrected chi connectivity index (χ0v) is 39.9. The molecule has 1 aliphatic rings. The van der Waals surface area contributed by atoms with Gasteiger partial charge < -0.3 is 50.1 Å². The highest BCUT2D eigenvalue weighted by atomic mass is 31.2. The zero-order chi connectivity index (χ0) is 48.1. The number of phosphoric acid groups is 1. The Morgan fingerprint density at radius 1 is 0.538 bits per heavy atom. The Morgan fingerprint density at radius 2 is 0.985 bits per heavy atom. The molecule has 8 N–H and O–H groups in total. The molecule has 0 aliphatic heterocycles. The number of carbonyl (C=O) groups is 2. The van der Waals surface area contributed by atoms with Crippen LogP contribution in [-0.4, -0.2) is 121 Å². The first-order valence-electron chi connectivity index (χ1n) is 23.9. The summed E-state index contributed by atoms with van der Waals surface area (Å²) in [5, 5.41) is 70.9. The number of hydrogen-bond donors (Lipinski definition) is 8. The highest BCUT2D eigenvalue weighted by Crippen LogP contribution is 2.47. The first-order valence-corrected chi connectivity index (χ1v) is 25.4. The van der Waals surface area contributed by atoms with Crippen LogP contribution in [0.2, 0.25) is 0 Å². The molecule has 10 atom stereocenters. The van der Waals surface area contributed by atoms with Crippen molar-refractivity contribution in [1.29, 1.82) is 0 Å². The summed E-state index contributed by atoms with van der Waals surface area (Å²) in [5.41, 5.74) is 0. The van der Waals surface area contributed by atoms with Crippen molar-refractivity contribution < 1.29 is 73.3 Å². The van der Waals surface area contributed by atoms with Crippen molar-refractivity contribution in [2.45, 2.75) is 210 Å². The fourth-order valence-corrected chi connectivity index (χ4v) is 7.67. The van der Waals surface area contributed by atoms with E-state index in [1.54, 1.807) is 6.08 Å². The molecule has 1 saturated carbocycles. The van der Waals surface area contributed by atoms with Gasteiger partial charge in [-0.3, -0.25) is 18.6 Å². The zero-order valence-electron chi connectivity index (χ0n) is 39.0. The van der Waals surface area contributed by atoms with Crippen LogP contribution in [0, 0.1) is 0 Å². The van der Waals surface area contributed by atoms with Crippen molar-refractivity contribution in [2.75, 3.05) is 13.2 Å². The van der Waals surface area contributed by atoms with Gasteiger partial charge >= 0.3 is 19.8 Å². The molecule has 0 saturated heterocycles. The smallest absolute Gasteiger partial charge is 0.462 e. The molecule has 0 radical (unpaired) electrons. The van der Waals surface area contributed by atoms with Gasteiger partial charge in [-0.1, -0.05) is 132 Å². The van der Waals surface area contributed by atoms with Gasteiger partial charge in [-0.2, -0.15) is 0 Å². The van der Waals surface area contributed by atoms with Crippen LogP contribution in [0.5, 0.6) is 0 Å². The minimum Gasteiger partial charge on any atom is -0.462 e. The molecule has 0 aromatic rings. The first kappa shape index (κ1) is 60.2. The van der Waals surface area contributed by atoms with E-state index in [1.807, 2.05) is 24.3 Å². The molecule has 374 valence electrons. The van der Waals surface area contributed by atoms with Crippen LogP contribution in [0.3, 0.4) is 0 Å². The van der Waals surface area contributed by atoms with E-state index in [9.17, 15) is 54.8 Å². The first-order chi connectivity index (χ1) is 31.2. The van der Waals surface area contributed by atoms with Gasteiger partial charge in [-0.25, -0.2) is 4.57 Å². The Hall–Kier alpha value is -2.79. The average molecular weight is 943 g/mol. The molecule has 15 nitrogen and oxygen atoms in total. The Balaban J connectivity index is 2.60. The van der Waals surface area contributed by atoms with E-state index in [2.05, 4.69) is 56.4 Å². The fraction of sp³-hybridized carbons (Fsp3) is 0.714. The van der Waals surface area contributed by atoms with Gasteiger partial charge in [0.1, 0.15) is 43.2 Å². The van der Waals surface area contributed by atoms with Gasteiger partial charge in [0.2, 0.25) is 0 Å². The average Bonchev–Trinajstić information content (AvgIpc) is 3.28. The Morgan fingerprint density at radius 3 is 1.55 bits per heavy atom. The van der Waals surface area contributed by atoms with Crippen LogP contribution in [0.4, 0.5) is 0 Å². The Labute approximate surface area is 388 Å². The summed E-state index contributed by atoms with van der Waals surface area (Å²) in [4.78, 5) is 35.8. The lowest BCUT2D eigenvalue weighted by atomic mass is 9.85. The molecule has 1 rings (SSSR count). The third kappa shape index (κ3) is 30.3. The minimum atomic E-state index is -5.21. The largest absolute Gasteiger partial charge is 0.472 e. The number of ether oxygens (including phenoxy) is 2. The molecule has 1 fully saturated rings. The van der Waals surface area contributed by atoms with Crippen LogP contribution >= 0.6 is 7.82 Å². The van der Waals surface area contributed by atoms with Crippen LogP contribution in [-0.2, 0) is 32.7 Å². The van der Waals surface area contributed by atoms with Gasteiger partial charge in [0.05, 0.1) is 18.8 Å². The van der Waals surface area contributed by atoms with Crippen molar-refractivity contribution in [3.05, 3.63) is 72.9 Å². The quantitative estimate of drug-likeness (QED) is 0.0130. The second kappa shape index (κ2) is 38.2. The second-order valence-corrected chi connectivity index (χ2v) is 18.0. The lowest BCUT2D eigenvalue weighted by Gasteiger charge is -2.41. The molecule has 5 unspecified atom stereocenters. The number of phosphoric ester groups is 1. The molecule has 0 aromatic heterocycles. The number of aliphatic hydroxyl groups is 7. The molecule has 0 bridgehead atoms. The van der Waals surface area contributed by atoms with Gasteiger partial charge in [-0.05, 0) is 83.5 Å². The van der Waals surface area contributed by atoms with E-state index in [-0.39, 0.29) is 32.1 Å². The summed E-state index contributed by atoms with van der Waals surface area (Å²) >= 11 is 0. The van der Waals surface area contributed by atoms with E-state index in [4.69, 9.17) is 18.5 Å². The highest BCUT2D eigenvalue weighted by Gasteiger charge is 2.51. The summed E-state index contributed by atoms with van der Waals surface area (Å²) in [6, 6.07) is 0. The maximum absolute atomic E-state index is 12.8. The van der Waals surface area contributed by atoms with Crippen LogP contribution < -0.4 is 0 Å². The molecule has 0 amide bonds. The van der Waals surface area contributed by atoms with Crippen molar-refractivity contribution in [2.24, 2.45) is 0 Å². The van der Waals surface area contributed by atoms with Crippen LogP contribution in [0.1, 0.15) is 155 Å². The minimum absolute atomic E-state index is 0.0389. The predicted octanol–water partition coefficient (Wildman–Crippen LogP) is 7.44. The monoisotopic (exact) mass is 943 g/mol. The highest BCUT2D eigenvalue weighted by molar-refractivity contribution is 7.47. The normalized spacial score (nSPS) is 23.0. The van der Waals surface area contributed by atoms with Crippen molar-refractivity contribution in [3.8, 4) is 0 Å². The summed E-state index contributed by atoms with van der Waals surface area (Å²) < 4.78 is 33.3. The topological polar surface area (TPSA) is 250 Å². The Bertz CT molecular complexity index is 1450. The Kier molecular flexibility index (Phi) is 35.4. The number of aliphatic hydroxyl groups excluding tert-OH is 7. The lowest BCUT2D eigenvalue weighted by Crippen LogP contribution is -2.64. The van der Waals surface area contributed by atoms with Crippen LogP contribution in [0.25, 0.3) is 0 Å². The lowest BCUT2D eigenvalue weighted by molar-refractivity contribution is -0.220.